The molecule has 0 aromatic rings. The van der Waals surface area contributed by atoms with Gasteiger partial charge in [-0.05, 0) is 19.3 Å². The first-order valence-corrected chi connectivity index (χ1v) is 6.26. The van der Waals surface area contributed by atoms with E-state index in [0.717, 1.165) is 32.3 Å². The van der Waals surface area contributed by atoms with Gasteiger partial charge in [-0.2, -0.15) is 0 Å². The smallest absolute Gasteiger partial charge is 0.129 e. The number of alkyl halides is 1. The summed E-state index contributed by atoms with van der Waals surface area (Å²) in [5.74, 6) is 0. The third kappa shape index (κ3) is 4.62. The van der Waals surface area contributed by atoms with Crippen LogP contribution in [-0.2, 0) is 9.47 Å². The number of rotatable bonds is 7. The van der Waals surface area contributed by atoms with Crippen molar-refractivity contribution >= 4 is 0 Å². The van der Waals surface area contributed by atoms with Crippen molar-refractivity contribution in [2.75, 3.05) is 13.2 Å². The van der Waals surface area contributed by atoms with Gasteiger partial charge in [0, 0.05) is 13.0 Å². The van der Waals surface area contributed by atoms with E-state index in [1.807, 2.05) is 0 Å². The van der Waals surface area contributed by atoms with Crippen LogP contribution < -0.4 is 0 Å². The van der Waals surface area contributed by atoms with Crippen LogP contribution in [0.25, 0.3) is 0 Å². The molecule has 3 unspecified atom stereocenters. The predicted molar refractivity (Wildman–Crippen MR) is 63.3 cm³/mol. The normalized spacial score (nSPS) is 30.2. The van der Waals surface area contributed by atoms with Crippen LogP contribution in [0.2, 0.25) is 0 Å². The van der Waals surface area contributed by atoms with Crippen LogP contribution >= 0.6 is 0 Å². The molecule has 0 spiro atoms. The van der Waals surface area contributed by atoms with Gasteiger partial charge in [0.15, 0.2) is 0 Å². The Hall–Kier alpha value is -0.410. The van der Waals surface area contributed by atoms with E-state index in [4.69, 9.17) is 9.47 Å². The van der Waals surface area contributed by atoms with Crippen molar-refractivity contribution in [2.24, 2.45) is 0 Å². The van der Waals surface area contributed by atoms with Crippen LogP contribution in [0.5, 0.6) is 0 Å². The molecule has 0 aliphatic heterocycles. The molecule has 0 heterocycles. The Balaban J connectivity index is 2.19. The zero-order chi connectivity index (χ0) is 11.8. The molecule has 0 amide bonds. The predicted octanol–water partition coefficient (Wildman–Crippen LogP) is 3.26. The van der Waals surface area contributed by atoms with E-state index in [1.165, 1.54) is 0 Å². The van der Waals surface area contributed by atoms with Crippen molar-refractivity contribution in [3.8, 4) is 0 Å². The van der Waals surface area contributed by atoms with Gasteiger partial charge >= 0.3 is 0 Å². The van der Waals surface area contributed by atoms with Gasteiger partial charge in [-0.25, -0.2) is 4.39 Å². The highest BCUT2D eigenvalue weighted by Crippen LogP contribution is 2.26. The van der Waals surface area contributed by atoms with Crippen LogP contribution in [0.4, 0.5) is 4.39 Å². The minimum absolute atomic E-state index is 0.0881. The zero-order valence-corrected chi connectivity index (χ0v) is 10.2. The number of hydrogen-bond donors (Lipinski definition) is 0. The zero-order valence-electron chi connectivity index (χ0n) is 10.2. The van der Waals surface area contributed by atoms with Crippen molar-refractivity contribution in [3.63, 3.8) is 0 Å². The molecular weight excluding hydrogens is 207 g/mol. The molecule has 1 fully saturated rings. The fourth-order valence-corrected chi connectivity index (χ4v) is 1.98. The fourth-order valence-electron chi connectivity index (χ4n) is 1.98. The summed E-state index contributed by atoms with van der Waals surface area (Å²) in [6.07, 6.45) is 4.93. The molecule has 0 radical (unpaired) electrons. The Kier molecular flexibility index (Phi) is 6.65. The molecule has 3 atom stereocenters. The second-order valence-electron chi connectivity index (χ2n) is 4.34. The molecule has 0 aromatic heterocycles. The van der Waals surface area contributed by atoms with Crippen LogP contribution in [-0.4, -0.2) is 31.6 Å². The first-order valence-electron chi connectivity index (χ1n) is 6.26. The quantitative estimate of drug-likeness (QED) is 0.493. The Labute approximate surface area is 97.8 Å². The van der Waals surface area contributed by atoms with E-state index in [2.05, 4.69) is 13.5 Å². The maximum absolute atomic E-state index is 13.7. The van der Waals surface area contributed by atoms with E-state index in [9.17, 15) is 4.39 Å². The van der Waals surface area contributed by atoms with Gasteiger partial charge in [-0.15, -0.1) is 6.58 Å². The molecule has 3 heteroatoms. The summed E-state index contributed by atoms with van der Waals surface area (Å²) in [6, 6.07) is 0. The largest absolute Gasteiger partial charge is 0.378 e. The van der Waals surface area contributed by atoms with Crippen molar-refractivity contribution in [1.29, 1.82) is 0 Å². The van der Waals surface area contributed by atoms with Gasteiger partial charge < -0.3 is 9.47 Å². The highest BCUT2D eigenvalue weighted by Gasteiger charge is 2.31. The lowest BCUT2D eigenvalue weighted by molar-refractivity contribution is -0.0671. The average molecular weight is 230 g/mol. The highest BCUT2D eigenvalue weighted by atomic mass is 19.1. The van der Waals surface area contributed by atoms with Crippen LogP contribution in [0.1, 0.15) is 39.0 Å². The minimum atomic E-state index is -0.889. The second kappa shape index (κ2) is 7.80. The third-order valence-corrected chi connectivity index (χ3v) is 2.94. The Morgan fingerprint density at radius 1 is 1.38 bits per heavy atom. The van der Waals surface area contributed by atoms with Gasteiger partial charge in [0.05, 0.1) is 18.8 Å². The number of unbranched alkanes of at least 4 members (excludes halogenated alkanes) is 1. The first-order chi connectivity index (χ1) is 7.77. The van der Waals surface area contributed by atoms with Gasteiger partial charge in [-0.3, -0.25) is 0 Å². The minimum Gasteiger partial charge on any atom is -0.378 e. The summed E-state index contributed by atoms with van der Waals surface area (Å²) in [4.78, 5) is 0. The molecule has 0 N–H and O–H groups in total. The lowest BCUT2D eigenvalue weighted by Gasteiger charge is -2.31. The van der Waals surface area contributed by atoms with Gasteiger partial charge in [0.2, 0.25) is 0 Å². The molecule has 16 heavy (non-hydrogen) atoms. The summed E-state index contributed by atoms with van der Waals surface area (Å²) in [7, 11) is 0. The van der Waals surface area contributed by atoms with Gasteiger partial charge in [0.25, 0.3) is 0 Å². The van der Waals surface area contributed by atoms with E-state index >= 15 is 0 Å². The topological polar surface area (TPSA) is 18.5 Å². The third-order valence-electron chi connectivity index (χ3n) is 2.94. The summed E-state index contributed by atoms with van der Waals surface area (Å²) in [5.41, 5.74) is 0. The van der Waals surface area contributed by atoms with Crippen LogP contribution in [0.15, 0.2) is 12.7 Å². The summed E-state index contributed by atoms with van der Waals surface area (Å²) in [6.45, 7) is 6.88. The monoisotopic (exact) mass is 230 g/mol. The average Bonchev–Trinajstić information content (AvgIpc) is 2.28. The van der Waals surface area contributed by atoms with Crippen molar-refractivity contribution in [1.82, 2.24) is 0 Å². The molecule has 94 valence electrons. The number of ether oxygens (including phenoxy) is 2. The number of halogens is 1. The van der Waals surface area contributed by atoms with Crippen molar-refractivity contribution in [3.05, 3.63) is 12.7 Å². The molecule has 0 bridgehead atoms. The highest BCUT2D eigenvalue weighted by molar-refractivity contribution is 4.82. The van der Waals surface area contributed by atoms with E-state index in [-0.39, 0.29) is 12.2 Å². The maximum Gasteiger partial charge on any atom is 0.129 e. The van der Waals surface area contributed by atoms with Gasteiger partial charge in [-0.1, -0.05) is 19.4 Å². The van der Waals surface area contributed by atoms with E-state index < -0.39 is 6.17 Å². The van der Waals surface area contributed by atoms with Crippen molar-refractivity contribution < 1.29 is 13.9 Å². The number of hydrogen-bond acceptors (Lipinski definition) is 2. The molecule has 0 aromatic carbocycles. The Bertz CT molecular complexity index is 196. The molecular formula is C13H23FO2. The summed E-state index contributed by atoms with van der Waals surface area (Å²) in [5, 5.41) is 0. The molecule has 1 rings (SSSR count). The van der Waals surface area contributed by atoms with E-state index in [0.29, 0.717) is 13.0 Å². The lowest BCUT2D eigenvalue weighted by atomic mass is 9.93. The molecule has 1 saturated carbocycles. The Morgan fingerprint density at radius 3 is 2.81 bits per heavy atom. The standard InChI is InChI=1S/C13H23FO2/c1-3-5-9-15-11-6-7-13(12(14)10-11)16-8-4-2/h4,11-13H,2-3,5-10H2,1H3. The lowest BCUT2D eigenvalue weighted by Crippen LogP contribution is -2.36. The van der Waals surface area contributed by atoms with Crippen LogP contribution in [0, 0.1) is 0 Å². The SMILES string of the molecule is C=CCOC1CCC(OCCCC)CC1F. The Morgan fingerprint density at radius 2 is 2.19 bits per heavy atom. The van der Waals surface area contributed by atoms with Crippen LogP contribution in [0.3, 0.4) is 0 Å². The summed E-state index contributed by atoms with van der Waals surface area (Å²) >= 11 is 0. The fraction of sp³-hybridized carbons (Fsp3) is 0.846. The van der Waals surface area contributed by atoms with Crippen molar-refractivity contribution in [2.45, 2.75) is 57.4 Å². The maximum atomic E-state index is 13.7. The molecule has 2 nitrogen and oxygen atoms in total. The first kappa shape index (κ1) is 13.7. The second-order valence-corrected chi connectivity index (χ2v) is 4.34. The molecule has 0 saturated heterocycles. The molecule has 1 aliphatic carbocycles. The van der Waals surface area contributed by atoms with Gasteiger partial charge in [0.1, 0.15) is 6.17 Å². The van der Waals surface area contributed by atoms with E-state index in [1.54, 1.807) is 6.08 Å². The molecule has 1 aliphatic rings. The summed E-state index contributed by atoms with van der Waals surface area (Å²) < 4.78 is 24.7.